The van der Waals surface area contributed by atoms with Crippen LogP contribution in [0.3, 0.4) is 0 Å². The van der Waals surface area contributed by atoms with E-state index in [0.29, 0.717) is 5.96 Å². The van der Waals surface area contributed by atoms with Crippen molar-refractivity contribution in [1.82, 2.24) is 10.6 Å². The van der Waals surface area contributed by atoms with Crippen LogP contribution in [0, 0.1) is 0 Å². The lowest BCUT2D eigenvalue weighted by atomic mass is 9.90. The molecule has 2 N–H and O–H groups in total. The Morgan fingerprint density at radius 3 is 2.60 bits per heavy atom. The molecule has 7 heteroatoms. The number of nitrogens with one attached hydrogen (secondary N) is 2. The molecule has 0 saturated heterocycles. The molecule has 1 aliphatic rings. The first kappa shape index (κ1) is 19.6. The van der Waals surface area contributed by atoms with Crippen LogP contribution in [-0.4, -0.2) is 44.6 Å². The highest BCUT2D eigenvalue weighted by Crippen LogP contribution is 2.39. The third-order valence-electron chi connectivity index (χ3n) is 4.60. The molecule has 0 amide bonds. The van der Waals surface area contributed by atoms with E-state index >= 15 is 0 Å². The van der Waals surface area contributed by atoms with Gasteiger partial charge in [0.05, 0.1) is 10.8 Å². The SMILES string of the molecule is CN=C(NCC(C)(C)S(C)(=O)=O)NC1CC(C)(C)Oc2ccccc21. The second kappa shape index (κ2) is 6.86. The van der Waals surface area contributed by atoms with Gasteiger partial charge < -0.3 is 15.4 Å². The predicted octanol–water partition coefficient (Wildman–Crippen LogP) is 2.28. The number of hydrogen-bond donors (Lipinski definition) is 2. The second-order valence-electron chi connectivity index (χ2n) is 7.76. The summed E-state index contributed by atoms with van der Waals surface area (Å²) in [5.74, 6) is 1.44. The van der Waals surface area contributed by atoms with E-state index in [1.54, 1.807) is 20.9 Å². The fourth-order valence-corrected chi connectivity index (χ4v) is 3.05. The summed E-state index contributed by atoms with van der Waals surface area (Å²) >= 11 is 0. The first-order chi connectivity index (χ1) is 11.5. The summed E-state index contributed by atoms with van der Waals surface area (Å²) in [4.78, 5) is 4.25. The fourth-order valence-electron chi connectivity index (χ4n) is 2.72. The number of nitrogens with zero attached hydrogens (tertiary/aromatic N) is 1. The monoisotopic (exact) mass is 367 g/mol. The Kier molecular flexibility index (Phi) is 5.37. The molecule has 6 nitrogen and oxygen atoms in total. The maximum absolute atomic E-state index is 11.9. The summed E-state index contributed by atoms with van der Waals surface area (Å²) in [6.07, 6.45) is 2.03. The van der Waals surface area contributed by atoms with E-state index in [1.807, 2.05) is 24.3 Å². The summed E-state index contributed by atoms with van der Waals surface area (Å²) in [7, 11) is -1.49. The maximum atomic E-state index is 11.9. The van der Waals surface area contributed by atoms with E-state index in [1.165, 1.54) is 6.26 Å². The molecule has 1 unspecified atom stereocenters. The zero-order valence-electron chi connectivity index (χ0n) is 15.9. The molecule has 0 aliphatic carbocycles. The van der Waals surface area contributed by atoms with Gasteiger partial charge in [-0.3, -0.25) is 4.99 Å². The zero-order chi connectivity index (χ0) is 18.9. The highest BCUT2D eigenvalue weighted by Gasteiger charge is 2.35. The van der Waals surface area contributed by atoms with Crippen molar-refractivity contribution in [1.29, 1.82) is 0 Å². The Morgan fingerprint density at radius 1 is 1.36 bits per heavy atom. The van der Waals surface area contributed by atoms with Crippen molar-refractivity contribution in [3.8, 4) is 5.75 Å². The van der Waals surface area contributed by atoms with Crippen molar-refractivity contribution < 1.29 is 13.2 Å². The Bertz CT molecular complexity index is 755. The molecule has 1 aromatic carbocycles. The normalized spacial score (nSPS) is 20.4. The van der Waals surface area contributed by atoms with Crippen LogP contribution in [0.15, 0.2) is 29.3 Å². The molecule has 0 bridgehead atoms. The Morgan fingerprint density at radius 2 is 2.00 bits per heavy atom. The summed E-state index contributed by atoms with van der Waals surface area (Å²) in [5, 5.41) is 6.55. The number of hydrogen-bond acceptors (Lipinski definition) is 4. The van der Waals surface area contributed by atoms with Gasteiger partial charge in [0.1, 0.15) is 11.4 Å². The minimum Gasteiger partial charge on any atom is -0.487 e. The third-order valence-corrected chi connectivity index (χ3v) is 6.75. The van der Waals surface area contributed by atoms with Crippen molar-refractivity contribution in [3.05, 3.63) is 29.8 Å². The summed E-state index contributed by atoms with van der Waals surface area (Å²) < 4.78 is 28.9. The molecule has 1 heterocycles. The number of rotatable bonds is 4. The molecule has 140 valence electrons. The highest BCUT2D eigenvalue weighted by atomic mass is 32.2. The van der Waals surface area contributed by atoms with Gasteiger partial charge in [0.25, 0.3) is 0 Å². The average molecular weight is 368 g/mol. The summed E-state index contributed by atoms with van der Waals surface area (Å²) in [6, 6.07) is 7.98. The van der Waals surface area contributed by atoms with E-state index in [4.69, 9.17) is 4.74 Å². The molecule has 1 aromatic rings. The number of aliphatic imine (C=N–C) groups is 1. The minimum atomic E-state index is -3.17. The van der Waals surface area contributed by atoms with Crippen LogP contribution < -0.4 is 15.4 Å². The van der Waals surface area contributed by atoms with Gasteiger partial charge in [0, 0.05) is 31.8 Å². The van der Waals surface area contributed by atoms with E-state index in [2.05, 4.69) is 29.5 Å². The number of benzene rings is 1. The van der Waals surface area contributed by atoms with Crippen molar-refractivity contribution in [3.63, 3.8) is 0 Å². The van der Waals surface area contributed by atoms with Crippen LogP contribution in [0.1, 0.15) is 45.7 Å². The lowest BCUT2D eigenvalue weighted by Crippen LogP contribution is -2.50. The second-order valence-corrected chi connectivity index (χ2v) is 10.4. The van der Waals surface area contributed by atoms with E-state index in [9.17, 15) is 8.42 Å². The Balaban J connectivity index is 2.14. The van der Waals surface area contributed by atoms with Crippen LogP contribution in [0.2, 0.25) is 0 Å². The first-order valence-corrected chi connectivity index (χ1v) is 10.3. The van der Waals surface area contributed by atoms with Crippen LogP contribution in [-0.2, 0) is 9.84 Å². The van der Waals surface area contributed by atoms with E-state index < -0.39 is 14.6 Å². The van der Waals surface area contributed by atoms with Gasteiger partial charge in [-0.2, -0.15) is 0 Å². The average Bonchev–Trinajstić information content (AvgIpc) is 2.49. The number of ether oxygens (including phenoxy) is 1. The van der Waals surface area contributed by atoms with Gasteiger partial charge in [0.15, 0.2) is 15.8 Å². The van der Waals surface area contributed by atoms with Gasteiger partial charge in [-0.05, 0) is 33.8 Å². The van der Waals surface area contributed by atoms with Gasteiger partial charge in [0.2, 0.25) is 0 Å². The molecule has 0 aromatic heterocycles. The molecule has 1 aliphatic heterocycles. The topological polar surface area (TPSA) is 79.8 Å². The Hall–Kier alpha value is -1.76. The van der Waals surface area contributed by atoms with Gasteiger partial charge in [-0.15, -0.1) is 0 Å². The van der Waals surface area contributed by atoms with Gasteiger partial charge in [-0.1, -0.05) is 18.2 Å². The van der Waals surface area contributed by atoms with Crippen molar-refractivity contribution in [2.45, 2.75) is 50.5 Å². The predicted molar refractivity (Wildman–Crippen MR) is 102 cm³/mol. The quantitative estimate of drug-likeness (QED) is 0.630. The fraction of sp³-hybridized carbons (Fsp3) is 0.611. The standard InChI is InChI=1S/C18H29N3O3S/c1-17(2)11-14(13-9-7-8-10-15(13)24-17)21-16(19-5)20-12-18(3,4)25(6,22)23/h7-10,14H,11-12H2,1-6H3,(H2,19,20,21). The molecule has 25 heavy (non-hydrogen) atoms. The lowest BCUT2D eigenvalue weighted by molar-refractivity contribution is 0.0694. The maximum Gasteiger partial charge on any atom is 0.191 e. The largest absolute Gasteiger partial charge is 0.487 e. The molecule has 0 radical (unpaired) electrons. The van der Waals surface area contributed by atoms with Gasteiger partial charge in [-0.25, -0.2) is 8.42 Å². The molecule has 2 rings (SSSR count). The molecule has 0 saturated carbocycles. The van der Waals surface area contributed by atoms with Crippen LogP contribution in [0.4, 0.5) is 0 Å². The number of guanidine groups is 1. The smallest absolute Gasteiger partial charge is 0.191 e. The number of sulfone groups is 1. The molecule has 0 fully saturated rings. The van der Waals surface area contributed by atoms with E-state index in [0.717, 1.165) is 17.7 Å². The molecule has 0 spiro atoms. The number of para-hydroxylation sites is 1. The molecule has 1 atom stereocenters. The first-order valence-electron chi connectivity index (χ1n) is 8.40. The summed E-state index contributed by atoms with van der Waals surface area (Å²) in [6.45, 7) is 7.80. The van der Waals surface area contributed by atoms with Crippen molar-refractivity contribution in [2.24, 2.45) is 4.99 Å². The summed E-state index contributed by atoms with van der Waals surface area (Å²) in [5.41, 5.74) is 0.781. The van der Waals surface area contributed by atoms with Gasteiger partial charge >= 0.3 is 0 Å². The lowest BCUT2D eigenvalue weighted by Gasteiger charge is -2.38. The van der Waals surface area contributed by atoms with Crippen LogP contribution in [0.25, 0.3) is 0 Å². The zero-order valence-corrected chi connectivity index (χ0v) is 16.7. The van der Waals surface area contributed by atoms with Crippen LogP contribution >= 0.6 is 0 Å². The van der Waals surface area contributed by atoms with E-state index in [-0.39, 0.29) is 18.2 Å². The highest BCUT2D eigenvalue weighted by molar-refractivity contribution is 7.92. The third kappa shape index (κ3) is 4.66. The van der Waals surface area contributed by atoms with Crippen molar-refractivity contribution >= 4 is 15.8 Å². The molecular formula is C18H29N3O3S. The minimum absolute atomic E-state index is 0.0347. The Labute approximate surface area is 151 Å². The van der Waals surface area contributed by atoms with Crippen LogP contribution in [0.5, 0.6) is 5.75 Å². The molecular weight excluding hydrogens is 338 g/mol. The van der Waals surface area contributed by atoms with Crippen molar-refractivity contribution in [2.75, 3.05) is 19.8 Å². The number of fused-ring (bicyclic) bond motifs is 1.